The second-order valence-electron chi connectivity index (χ2n) is 5.45. The van der Waals surface area contributed by atoms with Crippen molar-refractivity contribution in [3.05, 3.63) is 36.0 Å². The van der Waals surface area contributed by atoms with E-state index in [4.69, 9.17) is 4.74 Å². The number of carboxylic acid groups (broad SMARTS) is 1. The van der Waals surface area contributed by atoms with Crippen LogP contribution in [0.15, 0.2) is 30.5 Å². The van der Waals surface area contributed by atoms with E-state index in [9.17, 15) is 9.90 Å². The number of aromatic nitrogens is 2. The first-order valence-corrected chi connectivity index (χ1v) is 7.07. The summed E-state index contributed by atoms with van der Waals surface area (Å²) in [6.45, 7) is 2.09. The van der Waals surface area contributed by atoms with Gasteiger partial charge < -0.3 is 9.84 Å². The van der Waals surface area contributed by atoms with Gasteiger partial charge in [-0.05, 0) is 37.8 Å². The fourth-order valence-corrected chi connectivity index (χ4v) is 2.59. The predicted octanol–water partition coefficient (Wildman–Crippen LogP) is 3.23. The number of benzene rings is 1. The van der Waals surface area contributed by atoms with Crippen LogP contribution in [0.25, 0.3) is 11.3 Å². The number of ether oxygens (including phenoxy) is 1. The van der Waals surface area contributed by atoms with Gasteiger partial charge in [0.05, 0.1) is 13.2 Å². The number of carbonyl (C=O) groups is 1. The Morgan fingerprint density at radius 3 is 2.76 bits per heavy atom. The first-order valence-electron chi connectivity index (χ1n) is 7.07. The molecule has 0 bridgehead atoms. The summed E-state index contributed by atoms with van der Waals surface area (Å²) in [5, 5.41) is 14.0. The molecule has 2 aromatic rings. The molecule has 5 heteroatoms. The van der Waals surface area contributed by atoms with Crippen LogP contribution in [0.5, 0.6) is 5.75 Å². The van der Waals surface area contributed by atoms with E-state index in [0.717, 1.165) is 0 Å². The predicted molar refractivity (Wildman–Crippen MR) is 78.6 cm³/mol. The van der Waals surface area contributed by atoms with Crippen LogP contribution in [-0.2, 0) is 0 Å². The van der Waals surface area contributed by atoms with E-state index in [0.29, 0.717) is 22.9 Å². The number of rotatable bonds is 5. The summed E-state index contributed by atoms with van der Waals surface area (Å²) in [5.74, 6) is 0.270. The van der Waals surface area contributed by atoms with Crippen molar-refractivity contribution in [3.8, 4) is 17.0 Å². The maximum absolute atomic E-state index is 11.5. The highest BCUT2D eigenvalue weighted by molar-refractivity contribution is 5.95. The van der Waals surface area contributed by atoms with Crippen molar-refractivity contribution in [2.75, 3.05) is 7.11 Å². The van der Waals surface area contributed by atoms with Crippen LogP contribution in [0.4, 0.5) is 0 Å². The molecule has 1 unspecified atom stereocenters. The van der Waals surface area contributed by atoms with E-state index in [-0.39, 0.29) is 11.6 Å². The maximum Gasteiger partial charge on any atom is 0.339 e. The van der Waals surface area contributed by atoms with Crippen LogP contribution in [0.1, 0.15) is 36.2 Å². The molecule has 0 amide bonds. The van der Waals surface area contributed by atoms with Crippen LogP contribution < -0.4 is 4.74 Å². The Hall–Kier alpha value is -2.30. The number of methoxy groups -OCH3 is 1. The van der Waals surface area contributed by atoms with Crippen molar-refractivity contribution in [2.24, 2.45) is 5.92 Å². The minimum absolute atomic E-state index is 0.215. The molecule has 0 spiro atoms. The number of hydrogen-bond acceptors (Lipinski definition) is 3. The average molecular weight is 286 g/mol. The Kier molecular flexibility index (Phi) is 3.41. The van der Waals surface area contributed by atoms with Gasteiger partial charge in [0.2, 0.25) is 0 Å². The lowest BCUT2D eigenvalue weighted by Gasteiger charge is -2.10. The molecule has 1 N–H and O–H groups in total. The van der Waals surface area contributed by atoms with E-state index in [1.54, 1.807) is 18.0 Å². The lowest BCUT2D eigenvalue weighted by molar-refractivity contribution is 0.0697. The number of para-hydroxylation sites is 1. The van der Waals surface area contributed by atoms with Crippen LogP contribution in [0, 0.1) is 5.92 Å². The Bertz CT molecular complexity index is 674. The van der Waals surface area contributed by atoms with Gasteiger partial charge in [-0.1, -0.05) is 12.1 Å². The molecule has 1 aliphatic rings. The normalized spacial score (nSPS) is 15.7. The first kappa shape index (κ1) is 13.7. The van der Waals surface area contributed by atoms with E-state index >= 15 is 0 Å². The van der Waals surface area contributed by atoms with E-state index in [2.05, 4.69) is 12.0 Å². The van der Waals surface area contributed by atoms with Crippen LogP contribution in [0.3, 0.4) is 0 Å². The first-order chi connectivity index (χ1) is 10.1. The molecule has 1 aromatic heterocycles. The van der Waals surface area contributed by atoms with Gasteiger partial charge >= 0.3 is 5.97 Å². The van der Waals surface area contributed by atoms with Gasteiger partial charge in [-0.2, -0.15) is 5.10 Å². The molecular weight excluding hydrogens is 268 g/mol. The standard InChI is InChI=1S/C16H18N2O3/c1-10(11-7-8-11)18-9-13(16(19)20)15(17-18)12-5-3-4-6-14(12)21-2/h3-6,9-11H,7-8H2,1-2H3,(H,19,20). The zero-order valence-electron chi connectivity index (χ0n) is 12.1. The monoisotopic (exact) mass is 286 g/mol. The minimum atomic E-state index is -0.967. The second-order valence-corrected chi connectivity index (χ2v) is 5.45. The van der Waals surface area contributed by atoms with Crippen molar-refractivity contribution in [3.63, 3.8) is 0 Å². The Morgan fingerprint density at radius 1 is 1.43 bits per heavy atom. The molecule has 1 fully saturated rings. The summed E-state index contributed by atoms with van der Waals surface area (Å²) >= 11 is 0. The molecule has 5 nitrogen and oxygen atoms in total. The molecular formula is C16H18N2O3. The third kappa shape index (κ3) is 2.51. The highest BCUT2D eigenvalue weighted by atomic mass is 16.5. The SMILES string of the molecule is COc1ccccc1-c1nn(C(C)C2CC2)cc1C(=O)O. The van der Waals surface area contributed by atoms with E-state index in [1.165, 1.54) is 12.8 Å². The number of nitrogens with zero attached hydrogens (tertiary/aromatic N) is 2. The Balaban J connectivity index is 2.09. The third-order valence-corrected chi connectivity index (χ3v) is 4.05. The Labute approximate surface area is 123 Å². The summed E-state index contributed by atoms with van der Waals surface area (Å²) in [6.07, 6.45) is 4.01. The summed E-state index contributed by atoms with van der Waals surface area (Å²) in [6, 6.07) is 7.58. The lowest BCUT2D eigenvalue weighted by Crippen LogP contribution is -2.07. The van der Waals surface area contributed by atoms with Crippen molar-refractivity contribution in [1.82, 2.24) is 9.78 Å². The lowest BCUT2D eigenvalue weighted by atomic mass is 10.1. The fraction of sp³-hybridized carbons (Fsp3) is 0.375. The number of hydrogen-bond donors (Lipinski definition) is 1. The van der Waals surface area contributed by atoms with Crippen molar-refractivity contribution in [2.45, 2.75) is 25.8 Å². The number of aromatic carboxylic acids is 1. The number of carboxylic acids is 1. The van der Waals surface area contributed by atoms with Crippen molar-refractivity contribution < 1.29 is 14.6 Å². The average Bonchev–Trinajstić information content (AvgIpc) is 3.24. The highest BCUT2D eigenvalue weighted by Gasteiger charge is 2.31. The van der Waals surface area contributed by atoms with Crippen LogP contribution in [-0.4, -0.2) is 28.0 Å². The molecule has 21 heavy (non-hydrogen) atoms. The van der Waals surface area contributed by atoms with Gasteiger partial charge in [0.15, 0.2) is 0 Å². The molecule has 1 aromatic carbocycles. The molecule has 1 aliphatic carbocycles. The molecule has 0 aliphatic heterocycles. The highest BCUT2D eigenvalue weighted by Crippen LogP contribution is 2.40. The molecule has 0 radical (unpaired) electrons. The van der Waals surface area contributed by atoms with Crippen molar-refractivity contribution >= 4 is 5.97 Å². The van der Waals surface area contributed by atoms with Gasteiger partial charge in [0.1, 0.15) is 17.0 Å². The molecule has 3 rings (SSSR count). The quantitative estimate of drug-likeness (QED) is 0.916. The maximum atomic E-state index is 11.5. The van der Waals surface area contributed by atoms with Crippen LogP contribution in [0.2, 0.25) is 0 Å². The zero-order chi connectivity index (χ0) is 15.0. The fourth-order valence-electron chi connectivity index (χ4n) is 2.59. The molecule has 1 atom stereocenters. The molecule has 110 valence electrons. The minimum Gasteiger partial charge on any atom is -0.496 e. The summed E-state index contributed by atoms with van der Waals surface area (Å²) in [5.41, 5.74) is 1.39. The van der Waals surface area contributed by atoms with Crippen LogP contribution >= 0.6 is 0 Å². The van der Waals surface area contributed by atoms with Crippen molar-refractivity contribution in [1.29, 1.82) is 0 Å². The largest absolute Gasteiger partial charge is 0.496 e. The Morgan fingerprint density at radius 2 is 2.14 bits per heavy atom. The van der Waals surface area contributed by atoms with Gasteiger partial charge in [-0.15, -0.1) is 0 Å². The topological polar surface area (TPSA) is 64.4 Å². The summed E-state index contributed by atoms with van der Waals surface area (Å²) in [4.78, 5) is 11.5. The van der Waals surface area contributed by atoms with Gasteiger partial charge in [0.25, 0.3) is 0 Å². The molecule has 1 saturated carbocycles. The van der Waals surface area contributed by atoms with Gasteiger partial charge in [-0.3, -0.25) is 4.68 Å². The smallest absolute Gasteiger partial charge is 0.339 e. The zero-order valence-corrected chi connectivity index (χ0v) is 12.1. The van der Waals surface area contributed by atoms with Gasteiger partial charge in [-0.25, -0.2) is 4.79 Å². The molecule has 0 saturated heterocycles. The summed E-state index contributed by atoms with van der Waals surface area (Å²) < 4.78 is 7.10. The van der Waals surface area contributed by atoms with Gasteiger partial charge in [0, 0.05) is 11.8 Å². The summed E-state index contributed by atoms with van der Waals surface area (Å²) in [7, 11) is 1.57. The van der Waals surface area contributed by atoms with E-state index < -0.39 is 5.97 Å². The second kappa shape index (κ2) is 5.24. The third-order valence-electron chi connectivity index (χ3n) is 4.05. The molecule has 1 heterocycles. The van der Waals surface area contributed by atoms with E-state index in [1.807, 2.05) is 24.3 Å².